The zero-order valence-corrected chi connectivity index (χ0v) is 14.8. The van der Waals surface area contributed by atoms with Gasteiger partial charge in [0, 0.05) is 55.1 Å². The first-order valence-electron chi connectivity index (χ1n) is 8.74. The van der Waals surface area contributed by atoms with E-state index >= 15 is 0 Å². The number of piperidine rings is 1. The quantitative estimate of drug-likeness (QED) is 0.924. The van der Waals surface area contributed by atoms with Crippen LogP contribution in [0.15, 0.2) is 29.9 Å². The molecule has 0 unspecified atom stereocenters. The van der Waals surface area contributed by atoms with Crippen LogP contribution in [0.1, 0.15) is 36.6 Å². The molecule has 2 aromatic rings. The van der Waals surface area contributed by atoms with Gasteiger partial charge in [-0.1, -0.05) is 6.07 Å². The Bertz CT molecular complexity index is 654. The molecule has 2 aliphatic heterocycles. The molecule has 1 N–H and O–H groups in total. The number of hydrogen-bond donors (Lipinski definition) is 1. The standard InChI is InChI=1S/C18H24N4OS/c1-13-12-24-18(20-13)22-8-4-15(5-9-22)21-16-6-10-23-17(16)14-3-2-7-19-11-14/h2-3,7,11-12,15-17,21H,4-6,8-10H2,1H3/t16-,17+/m0/s1. The average Bonchev–Trinajstić information content (AvgIpc) is 3.25. The van der Waals surface area contributed by atoms with Crippen molar-refractivity contribution in [3.05, 3.63) is 41.2 Å². The fourth-order valence-electron chi connectivity index (χ4n) is 3.66. The first-order valence-corrected chi connectivity index (χ1v) is 9.62. The lowest BCUT2D eigenvalue weighted by Crippen LogP contribution is -2.47. The van der Waals surface area contributed by atoms with Gasteiger partial charge in [0.25, 0.3) is 0 Å². The summed E-state index contributed by atoms with van der Waals surface area (Å²) in [6.45, 7) is 5.05. The Morgan fingerprint density at radius 3 is 2.88 bits per heavy atom. The Hall–Kier alpha value is -1.50. The summed E-state index contributed by atoms with van der Waals surface area (Å²) in [7, 11) is 0. The van der Waals surface area contributed by atoms with Crippen molar-refractivity contribution in [2.24, 2.45) is 0 Å². The normalized spacial score (nSPS) is 25.3. The monoisotopic (exact) mass is 344 g/mol. The lowest BCUT2D eigenvalue weighted by atomic mass is 9.99. The number of aryl methyl sites for hydroxylation is 1. The van der Waals surface area contributed by atoms with Gasteiger partial charge in [-0.15, -0.1) is 11.3 Å². The van der Waals surface area contributed by atoms with Gasteiger partial charge in [0.15, 0.2) is 5.13 Å². The van der Waals surface area contributed by atoms with Crippen LogP contribution in [-0.2, 0) is 4.74 Å². The van der Waals surface area contributed by atoms with Gasteiger partial charge in [-0.25, -0.2) is 4.98 Å². The zero-order valence-electron chi connectivity index (χ0n) is 14.0. The molecule has 4 rings (SSSR count). The highest BCUT2D eigenvalue weighted by Crippen LogP contribution is 2.30. The molecule has 0 radical (unpaired) electrons. The number of pyridine rings is 1. The fraction of sp³-hybridized carbons (Fsp3) is 0.556. The highest BCUT2D eigenvalue weighted by molar-refractivity contribution is 7.13. The van der Waals surface area contributed by atoms with E-state index in [1.54, 1.807) is 11.3 Å². The van der Waals surface area contributed by atoms with Crippen LogP contribution in [0.2, 0.25) is 0 Å². The molecule has 0 saturated carbocycles. The molecule has 2 aliphatic rings. The maximum Gasteiger partial charge on any atom is 0.185 e. The summed E-state index contributed by atoms with van der Waals surface area (Å²) in [5, 5.41) is 7.15. The van der Waals surface area contributed by atoms with E-state index in [-0.39, 0.29) is 6.10 Å². The molecule has 4 heterocycles. The number of thiazole rings is 1. The zero-order chi connectivity index (χ0) is 16.4. The molecule has 0 spiro atoms. The summed E-state index contributed by atoms with van der Waals surface area (Å²) >= 11 is 1.76. The Labute approximate surface area is 147 Å². The van der Waals surface area contributed by atoms with Crippen molar-refractivity contribution in [1.29, 1.82) is 0 Å². The molecular formula is C18H24N4OS. The molecule has 0 bridgehead atoms. The number of ether oxygens (including phenoxy) is 1. The molecule has 2 fully saturated rings. The summed E-state index contributed by atoms with van der Waals surface area (Å²) in [6.07, 6.45) is 7.28. The number of aromatic nitrogens is 2. The van der Waals surface area contributed by atoms with Crippen molar-refractivity contribution in [3.8, 4) is 0 Å². The Kier molecular flexibility index (Phi) is 4.78. The summed E-state index contributed by atoms with van der Waals surface area (Å²) in [6, 6.07) is 5.06. The highest BCUT2D eigenvalue weighted by Gasteiger charge is 2.32. The molecule has 128 valence electrons. The topological polar surface area (TPSA) is 50.3 Å². The highest BCUT2D eigenvalue weighted by atomic mass is 32.1. The Morgan fingerprint density at radius 2 is 2.17 bits per heavy atom. The second kappa shape index (κ2) is 7.17. The number of anilines is 1. The van der Waals surface area contributed by atoms with Gasteiger partial charge in [-0.3, -0.25) is 4.98 Å². The molecule has 6 heteroatoms. The maximum atomic E-state index is 5.97. The van der Waals surface area contributed by atoms with E-state index in [0.29, 0.717) is 12.1 Å². The van der Waals surface area contributed by atoms with E-state index in [2.05, 4.69) is 38.6 Å². The molecule has 5 nitrogen and oxygen atoms in total. The molecule has 0 amide bonds. The third-order valence-corrected chi connectivity index (χ3v) is 5.95. The largest absolute Gasteiger partial charge is 0.372 e. The van der Waals surface area contributed by atoms with E-state index in [1.165, 1.54) is 10.7 Å². The summed E-state index contributed by atoms with van der Waals surface area (Å²) < 4.78 is 5.97. The van der Waals surface area contributed by atoms with Crippen molar-refractivity contribution in [2.45, 2.75) is 44.4 Å². The minimum atomic E-state index is 0.137. The van der Waals surface area contributed by atoms with Crippen molar-refractivity contribution >= 4 is 16.5 Å². The number of hydrogen-bond acceptors (Lipinski definition) is 6. The predicted molar refractivity (Wildman–Crippen MR) is 96.6 cm³/mol. The molecule has 24 heavy (non-hydrogen) atoms. The third kappa shape index (κ3) is 3.45. The SMILES string of the molecule is Cc1csc(N2CCC(N[C@H]3CCO[C@@H]3c3cccnc3)CC2)n1. The second-order valence-electron chi connectivity index (χ2n) is 6.67. The van der Waals surface area contributed by atoms with E-state index in [9.17, 15) is 0 Å². The average molecular weight is 344 g/mol. The predicted octanol–water partition coefficient (Wildman–Crippen LogP) is 2.94. The summed E-state index contributed by atoms with van der Waals surface area (Å²) in [4.78, 5) is 11.3. The lowest BCUT2D eigenvalue weighted by molar-refractivity contribution is 0.0952. The van der Waals surface area contributed by atoms with E-state index in [1.807, 2.05) is 18.5 Å². The maximum absolute atomic E-state index is 5.97. The molecule has 0 aromatic carbocycles. The van der Waals surface area contributed by atoms with Gasteiger partial charge < -0.3 is 15.0 Å². The van der Waals surface area contributed by atoms with Crippen LogP contribution < -0.4 is 10.2 Å². The smallest absolute Gasteiger partial charge is 0.185 e. The molecule has 2 aromatic heterocycles. The Morgan fingerprint density at radius 1 is 1.29 bits per heavy atom. The van der Waals surface area contributed by atoms with E-state index in [4.69, 9.17) is 4.74 Å². The first kappa shape index (κ1) is 16.0. The molecule has 0 aliphatic carbocycles. The summed E-state index contributed by atoms with van der Waals surface area (Å²) in [5.41, 5.74) is 2.31. The van der Waals surface area contributed by atoms with Crippen LogP contribution in [0, 0.1) is 6.92 Å². The van der Waals surface area contributed by atoms with Gasteiger partial charge in [0.05, 0.1) is 11.8 Å². The minimum absolute atomic E-state index is 0.137. The van der Waals surface area contributed by atoms with Crippen molar-refractivity contribution in [2.75, 3.05) is 24.6 Å². The van der Waals surface area contributed by atoms with Gasteiger partial charge >= 0.3 is 0 Å². The minimum Gasteiger partial charge on any atom is -0.372 e. The third-order valence-electron chi connectivity index (χ3n) is 4.93. The van der Waals surface area contributed by atoms with Crippen molar-refractivity contribution in [3.63, 3.8) is 0 Å². The van der Waals surface area contributed by atoms with Gasteiger partial charge in [0.1, 0.15) is 0 Å². The van der Waals surface area contributed by atoms with Crippen LogP contribution in [0.5, 0.6) is 0 Å². The lowest BCUT2D eigenvalue weighted by Gasteiger charge is -2.34. The van der Waals surface area contributed by atoms with E-state index in [0.717, 1.165) is 44.7 Å². The second-order valence-corrected chi connectivity index (χ2v) is 7.51. The van der Waals surface area contributed by atoms with Gasteiger partial charge in [-0.2, -0.15) is 0 Å². The molecule has 2 atom stereocenters. The van der Waals surface area contributed by atoms with Gasteiger partial charge in [0.2, 0.25) is 0 Å². The number of nitrogens with one attached hydrogen (secondary N) is 1. The van der Waals surface area contributed by atoms with Crippen LogP contribution in [0.4, 0.5) is 5.13 Å². The molecule has 2 saturated heterocycles. The van der Waals surface area contributed by atoms with Crippen LogP contribution >= 0.6 is 11.3 Å². The van der Waals surface area contributed by atoms with Gasteiger partial charge in [-0.05, 0) is 32.3 Å². The Balaban J connectivity index is 1.33. The van der Waals surface area contributed by atoms with Crippen molar-refractivity contribution < 1.29 is 4.74 Å². The number of nitrogens with zero attached hydrogens (tertiary/aromatic N) is 3. The van der Waals surface area contributed by atoms with Crippen molar-refractivity contribution in [1.82, 2.24) is 15.3 Å². The summed E-state index contributed by atoms with van der Waals surface area (Å²) in [5.74, 6) is 0. The first-order chi connectivity index (χ1) is 11.8. The van der Waals surface area contributed by atoms with E-state index < -0.39 is 0 Å². The number of rotatable bonds is 4. The fourth-order valence-corrected chi connectivity index (χ4v) is 4.52. The van der Waals surface area contributed by atoms with Crippen LogP contribution in [-0.4, -0.2) is 41.7 Å². The molecular weight excluding hydrogens is 320 g/mol. The van der Waals surface area contributed by atoms with Crippen LogP contribution in [0.3, 0.4) is 0 Å². The van der Waals surface area contributed by atoms with Crippen LogP contribution in [0.25, 0.3) is 0 Å².